The van der Waals surface area contributed by atoms with Gasteiger partial charge in [-0.15, -0.1) is 0 Å². The third-order valence-electron chi connectivity index (χ3n) is 3.68. The minimum atomic E-state index is 0.608. The second-order valence-corrected chi connectivity index (χ2v) is 5.27. The Hall–Kier alpha value is -0.120. The number of hydrogen-bond donors (Lipinski definition) is 1. The highest BCUT2D eigenvalue weighted by Gasteiger charge is 2.21. The Bertz CT molecular complexity index is 183. The number of nitrogens with one attached hydrogen (secondary N) is 1. The van der Waals surface area contributed by atoms with Gasteiger partial charge in [-0.2, -0.15) is 0 Å². The van der Waals surface area contributed by atoms with Crippen molar-refractivity contribution >= 4 is 0 Å². The topological polar surface area (TPSA) is 24.5 Å². The average molecular weight is 228 g/mol. The quantitative estimate of drug-likeness (QED) is 0.607. The van der Waals surface area contributed by atoms with Gasteiger partial charge >= 0.3 is 0 Å². The van der Waals surface area contributed by atoms with E-state index < -0.39 is 0 Å². The molecule has 1 N–H and O–H groups in total. The fourth-order valence-corrected chi connectivity index (χ4v) is 1.87. The van der Waals surface area contributed by atoms with E-state index in [-0.39, 0.29) is 0 Å². The van der Waals surface area contributed by atoms with Crippen LogP contribution in [0.2, 0.25) is 0 Å². The molecule has 3 heteroatoms. The summed E-state index contributed by atoms with van der Waals surface area (Å²) in [6, 6.07) is 0.608. The molecule has 0 aromatic heterocycles. The highest BCUT2D eigenvalue weighted by molar-refractivity contribution is 4.73. The van der Waals surface area contributed by atoms with Crippen molar-refractivity contribution in [2.24, 2.45) is 11.8 Å². The molecule has 2 atom stereocenters. The van der Waals surface area contributed by atoms with Crippen LogP contribution in [-0.2, 0) is 4.74 Å². The van der Waals surface area contributed by atoms with Crippen LogP contribution in [0.5, 0.6) is 0 Å². The fraction of sp³-hybridized carbons (Fsp3) is 1.00. The summed E-state index contributed by atoms with van der Waals surface area (Å²) in [6.07, 6.45) is 2.76. The Morgan fingerprint density at radius 1 is 1.38 bits per heavy atom. The molecule has 16 heavy (non-hydrogen) atoms. The first kappa shape index (κ1) is 13.9. The molecule has 1 rings (SSSR count). The first-order valence-corrected chi connectivity index (χ1v) is 6.57. The van der Waals surface area contributed by atoms with Crippen LogP contribution in [0.1, 0.15) is 26.7 Å². The third-order valence-corrected chi connectivity index (χ3v) is 3.68. The van der Waals surface area contributed by atoms with Gasteiger partial charge in [-0.05, 0) is 52.2 Å². The van der Waals surface area contributed by atoms with E-state index in [1.807, 2.05) is 7.05 Å². The minimum Gasteiger partial charge on any atom is -0.380 e. The van der Waals surface area contributed by atoms with Crippen molar-refractivity contribution in [2.45, 2.75) is 32.7 Å². The second kappa shape index (κ2) is 7.25. The lowest BCUT2D eigenvalue weighted by atomic mass is 10.0. The van der Waals surface area contributed by atoms with Crippen LogP contribution in [0.4, 0.5) is 0 Å². The van der Waals surface area contributed by atoms with E-state index >= 15 is 0 Å². The molecule has 0 aromatic rings. The summed E-state index contributed by atoms with van der Waals surface area (Å²) >= 11 is 0. The third kappa shape index (κ3) is 5.28. The predicted octanol–water partition coefficient (Wildman–Crippen LogP) is 1.59. The zero-order valence-corrected chi connectivity index (χ0v) is 11.3. The molecular formula is C13H28N2O. The Labute approximate surface area is 101 Å². The van der Waals surface area contributed by atoms with Crippen LogP contribution in [0.3, 0.4) is 0 Å². The van der Waals surface area contributed by atoms with Crippen molar-refractivity contribution in [1.29, 1.82) is 0 Å². The Morgan fingerprint density at radius 3 is 2.62 bits per heavy atom. The van der Waals surface area contributed by atoms with E-state index in [9.17, 15) is 0 Å². The van der Waals surface area contributed by atoms with E-state index in [0.29, 0.717) is 12.0 Å². The van der Waals surface area contributed by atoms with Crippen molar-refractivity contribution < 1.29 is 4.74 Å². The molecule has 0 saturated heterocycles. The molecule has 0 radical (unpaired) electrons. The average Bonchev–Trinajstić information content (AvgIpc) is 3.07. The molecule has 0 aliphatic heterocycles. The summed E-state index contributed by atoms with van der Waals surface area (Å²) in [5.41, 5.74) is 0. The molecule has 3 nitrogen and oxygen atoms in total. The maximum atomic E-state index is 5.66. The molecule has 1 aliphatic rings. The monoisotopic (exact) mass is 228 g/mol. The van der Waals surface area contributed by atoms with Crippen LogP contribution in [-0.4, -0.2) is 51.3 Å². The van der Waals surface area contributed by atoms with Crippen LogP contribution in [0.25, 0.3) is 0 Å². The Balaban J connectivity index is 2.04. The zero-order valence-electron chi connectivity index (χ0n) is 11.3. The van der Waals surface area contributed by atoms with Crippen molar-refractivity contribution in [3.8, 4) is 0 Å². The smallest absolute Gasteiger partial charge is 0.0593 e. The lowest BCUT2D eigenvalue weighted by Crippen LogP contribution is -2.39. The Kier molecular flexibility index (Phi) is 6.32. The van der Waals surface area contributed by atoms with E-state index in [0.717, 1.165) is 32.2 Å². The van der Waals surface area contributed by atoms with Gasteiger partial charge in [0.1, 0.15) is 0 Å². The highest BCUT2D eigenvalue weighted by atomic mass is 16.5. The molecule has 1 saturated carbocycles. The van der Waals surface area contributed by atoms with Gasteiger partial charge in [0.2, 0.25) is 0 Å². The molecule has 0 bridgehead atoms. The van der Waals surface area contributed by atoms with Crippen LogP contribution >= 0.6 is 0 Å². The normalized spacial score (nSPS) is 20.1. The number of hydrogen-bond acceptors (Lipinski definition) is 3. The molecule has 1 aliphatic carbocycles. The van der Waals surface area contributed by atoms with Crippen molar-refractivity contribution in [2.75, 3.05) is 40.4 Å². The largest absolute Gasteiger partial charge is 0.380 e. The second-order valence-electron chi connectivity index (χ2n) is 5.27. The maximum absolute atomic E-state index is 5.66. The SMILES string of the molecule is CNCC(C)C(C)N(C)CCOCC1CC1. The lowest BCUT2D eigenvalue weighted by molar-refractivity contribution is 0.0848. The van der Waals surface area contributed by atoms with Crippen LogP contribution in [0.15, 0.2) is 0 Å². The maximum Gasteiger partial charge on any atom is 0.0593 e. The molecule has 0 aromatic carbocycles. The summed E-state index contributed by atoms with van der Waals surface area (Å²) in [7, 11) is 4.21. The first-order valence-electron chi connectivity index (χ1n) is 6.57. The van der Waals surface area contributed by atoms with Gasteiger partial charge in [-0.25, -0.2) is 0 Å². The number of ether oxygens (including phenoxy) is 1. The van der Waals surface area contributed by atoms with Gasteiger partial charge < -0.3 is 15.0 Å². The molecular weight excluding hydrogens is 200 g/mol. The van der Waals surface area contributed by atoms with E-state index in [1.54, 1.807) is 0 Å². The zero-order chi connectivity index (χ0) is 12.0. The molecule has 0 spiro atoms. The van der Waals surface area contributed by atoms with E-state index in [4.69, 9.17) is 4.74 Å². The van der Waals surface area contributed by atoms with Crippen LogP contribution in [0, 0.1) is 11.8 Å². The lowest BCUT2D eigenvalue weighted by Gasteiger charge is -2.29. The molecule has 0 heterocycles. The van der Waals surface area contributed by atoms with E-state index in [1.165, 1.54) is 12.8 Å². The van der Waals surface area contributed by atoms with Gasteiger partial charge in [-0.1, -0.05) is 6.92 Å². The summed E-state index contributed by atoms with van der Waals surface area (Å²) in [5.74, 6) is 1.56. The minimum absolute atomic E-state index is 0.608. The summed E-state index contributed by atoms with van der Waals surface area (Å²) < 4.78 is 5.66. The molecule has 2 unspecified atom stereocenters. The summed E-state index contributed by atoms with van der Waals surface area (Å²) in [4.78, 5) is 2.40. The molecule has 96 valence electrons. The predicted molar refractivity (Wildman–Crippen MR) is 68.7 cm³/mol. The Morgan fingerprint density at radius 2 is 2.06 bits per heavy atom. The number of nitrogens with zero attached hydrogens (tertiary/aromatic N) is 1. The van der Waals surface area contributed by atoms with Crippen molar-refractivity contribution in [3.63, 3.8) is 0 Å². The van der Waals surface area contributed by atoms with Gasteiger partial charge in [-0.3, -0.25) is 0 Å². The summed E-state index contributed by atoms with van der Waals surface area (Å²) in [6.45, 7) is 8.57. The molecule has 1 fully saturated rings. The first-order chi connectivity index (χ1) is 7.65. The molecule has 0 amide bonds. The van der Waals surface area contributed by atoms with Crippen molar-refractivity contribution in [1.82, 2.24) is 10.2 Å². The highest BCUT2D eigenvalue weighted by Crippen LogP contribution is 2.28. The standard InChI is InChI=1S/C13H28N2O/c1-11(9-14-3)12(2)15(4)7-8-16-10-13-5-6-13/h11-14H,5-10H2,1-4H3. The number of likely N-dealkylation sites (N-methyl/N-ethyl adjacent to an activating group) is 1. The van der Waals surface area contributed by atoms with Gasteiger partial charge in [0.25, 0.3) is 0 Å². The van der Waals surface area contributed by atoms with Gasteiger partial charge in [0.15, 0.2) is 0 Å². The van der Waals surface area contributed by atoms with Gasteiger partial charge in [0.05, 0.1) is 6.61 Å². The van der Waals surface area contributed by atoms with Gasteiger partial charge in [0, 0.05) is 19.2 Å². The van der Waals surface area contributed by atoms with Crippen LogP contribution < -0.4 is 5.32 Å². The fourth-order valence-electron chi connectivity index (χ4n) is 1.87. The number of rotatable bonds is 9. The van der Waals surface area contributed by atoms with Crippen molar-refractivity contribution in [3.05, 3.63) is 0 Å². The summed E-state index contributed by atoms with van der Waals surface area (Å²) in [5, 5.41) is 3.24. The van der Waals surface area contributed by atoms with E-state index in [2.05, 4.69) is 31.1 Å².